The van der Waals surface area contributed by atoms with Crippen LogP contribution in [0.5, 0.6) is 0 Å². The topological polar surface area (TPSA) is 125 Å². The molecule has 0 aliphatic carbocycles. The molecule has 0 aromatic carbocycles. The van der Waals surface area contributed by atoms with Gasteiger partial charge in [-0.1, -0.05) is 0 Å². The fourth-order valence-corrected chi connectivity index (χ4v) is 3.04. The first-order chi connectivity index (χ1) is 14.6. The number of likely N-dealkylation sites (tertiary alicyclic amines) is 1. The van der Waals surface area contributed by atoms with Gasteiger partial charge in [0.1, 0.15) is 0 Å². The number of anilines is 1. The lowest BCUT2D eigenvalue weighted by molar-refractivity contribution is -0.193. The lowest BCUT2D eigenvalue weighted by Crippen LogP contribution is -2.46. The number of ether oxygens (including phenoxy) is 1. The quantitative estimate of drug-likeness (QED) is 0.552. The third kappa shape index (κ3) is 9.64. The van der Waals surface area contributed by atoms with Gasteiger partial charge in [0.2, 0.25) is 5.95 Å². The van der Waals surface area contributed by atoms with Crippen LogP contribution in [-0.2, 0) is 14.3 Å². The minimum absolute atomic E-state index is 0.0550. The van der Waals surface area contributed by atoms with Crippen LogP contribution in [0.1, 0.15) is 19.3 Å². The maximum absolute atomic E-state index is 10.6. The highest BCUT2D eigenvalue weighted by atomic mass is 19.4. The number of carbonyl (C=O) groups is 2. The van der Waals surface area contributed by atoms with Crippen molar-refractivity contribution in [2.24, 2.45) is 0 Å². The molecule has 3 heterocycles. The Morgan fingerprint density at radius 2 is 1.62 bits per heavy atom. The smallest absolute Gasteiger partial charge is 0.475 e. The van der Waals surface area contributed by atoms with Crippen LogP contribution in [0.3, 0.4) is 0 Å². The summed E-state index contributed by atoms with van der Waals surface area (Å²) in [6, 6.07) is 2.26. The number of hydrogen-bond acceptors (Lipinski definition) is 7. The van der Waals surface area contributed by atoms with Crippen molar-refractivity contribution >= 4 is 17.9 Å². The zero-order valence-electron chi connectivity index (χ0n) is 16.8. The van der Waals surface area contributed by atoms with Crippen molar-refractivity contribution in [1.82, 2.24) is 14.9 Å². The van der Waals surface area contributed by atoms with Crippen molar-refractivity contribution in [2.45, 2.75) is 43.3 Å². The summed E-state index contributed by atoms with van der Waals surface area (Å²) in [5, 5.41) is 17.7. The molecule has 2 aliphatic heterocycles. The van der Waals surface area contributed by atoms with Crippen molar-refractivity contribution in [3.63, 3.8) is 0 Å². The van der Waals surface area contributed by atoms with Gasteiger partial charge >= 0.3 is 24.3 Å². The maximum Gasteiger partial charge on any atom is 0.490 e. The van der Waals surface area contributed by atoms with Crippen LogP contribution in [0.25, 0.3) is 0 Å². The highest BCUT2D eigenvalue weighted by Gasteiger charge is 2.42. The van der Waals surface area contributed by atoms with Crippen molar-refractivity contribution in [1.29, 1.82) is 0 Å². The van der Waals surface area contributed by atoms with E-state index in [1.807, 2.05) is 6.07 Å². The molecular weight excluding hydrogens is 454 g/mol. The molecule has 1 spiro atoms. The van der Waals surface area contributed by atoms with E-state index in [0.717, 1.165) is 44.9 Å². The fourth-order valence-electron chi connectivity index (χ4n) is 3.04. The number of aromatic nitrogens is 2. The molecule has 9 nitrogen and oxygen atoms in total. The van der Waals surface area contributed by atoms with E-state index >= 15 is 0 Å². The standard InChI is InChI=1S/C13H20N4O.2C2HF3O2/c1-17-7-4-13(10-17)9-11(3-8-18-13)16-12-14-5-2-6-15-12;2*3-2(4,5)1(6)7/h2,5-6,11H,3-4,7-10H2,1H3,(H,14,15,16);2*(H,6,7)/t11-,13-;;/m1../s1. The minimum Gasteiger partial charge on any atom is -0.475 e. The highest BCUT2D eigenvalue weighted by Crippen LogP contribution is 2.34. The zero-order chi connectivity index (χ0) is 24.6. The fraction of sp³-hybridized carbons (Fsp3) is 0.647. The highest BCUT2D eigenvalue weighted by molar-refractivity contribution is 5.73. The molecule has 0 amide bonds. The van der Waals surface area contributed by atoms with Gasteiger partial charge in [0, 0.05) is 38.1 Å². The number of hydrogen-bond donors (Lipinski definition) is 3. The molecule has 3 rings (SSSR count). The molecule has 182 valence electrons. The number of likely N-dealkylation sites (N-methyl/N-ethyl adjacent to an activating group) is 1. The number of rotatable bonds is 2. The summed E-state index contributed by atoms with van der Waals surface area (Å²) >= 11 is 0. The molecule has 0 radical (unpaired) electrons. The van der Waals surface area contributed by atoms with Gasteiger partial charge in [0.25, 0.3) is 0 Å². The Morgan fingerprint density at radius 1 is 1.12 bits per heavy atom. The molecule has 1 aromatic rings. The Bertz CT molecular complexity index is 721. The van der Waals surface area contributed by atoms with Crippen LogP contribution in [-0.4, -0.2) is 87.8 Å². The van der Waals surface area contributed by atoms with Crippen LogP contribution in [0.2, 0.25) is 0 Å². The summed E-state index contributed by atoms with van der Waals surface area (Å²) in [6.07, 6.45) is -3.40. The monoisotopic (exact) mass is 476 g/mol. The van der Waals surface area contributed by atoms with Gasteiger partial charge in [-0.15, -0.1) is 0 Å². The summed E-state index contributed by atoms with van der Waals surface area (Å²) in [7, 11) is 2.16. The number of aliphatic carboxylic acids is 2. The van der Waals surface area contributed by atoms with Gasteiger partial charge in [0.15, 0.2) is 0 Å². The van der Waals surface area contributed by atoms with Crippen molar-refractivity contribution < 1.29 is 50.9 Å². The molecule has 2 aliphatic rings. The van der Waals surface area contributed by atoms with E-state index in [4.69, 9.17) is 24.5 Å². The Kier molecular flexibility index (Phi) is 9.63. The summed E-state index contributed by atoms with van der Waals surface area (Å²) in [5.74, 6) is -4.79. The first-order valence-electron chi connectivity index (χ1n) is 9.11. The number of halogens is 6. The average Bonchev–Trinajstić information content (AvgIpc) is 3.01. The molecular formula is C17H22F6N4O5. The molecule has 1 aromatic heterocycles. The predicted molar refractivity (Wildman–Crippen MR) is 96.9 cm³/mol. The first kappa shape index (κ1) is 27.4. The second-order valence-corrected chi connectivity index (χ2v) is 7.03. The SMILES string of the molecule is CN1CC[C@@]2(C[C@H](Nc3ncccn3)CCO2)C1.O=C(O)C(F)(F)F.O=C(O)C(F)(F)F. The number of carboxylic acid groups (broad SMARTS) is 2. The van der Waals surface area contributed by atoms with Crippen LogP contribution < -0.4 is 5.32 Å². The molecule has 15 heteroatoms. The van der Waals surface area contributed by atoms with Gasteiger partial charge in [-0.3, -0.25) is 0 Å². The van der Waals surface area contributed by atoms with Gasteiger partial charge in [-0.05, 0) is 32.4 Å². The minimum atomic E-state index is -5.08. The third-order valence-electron chi connectivity index (χ3n) is 4.38. The molecule has 3 N–H and O–H groups in total. The largest absolute Gasteiger partial charge is 0.490 e. The number of carboxylic acids is 2. The van der Waals surface area contributed by atoms with E-state index in [-0.39, 0.29) is 5.60 Å². The number of alkyl halides is 6. The van der Waals surface area contributed by atoms with Gasteiger partial charge in [0.05, 0.1) is 5.60 Å². The molecule has 2 fully saturated rings. The number of nitrogens with zero attached hydrogens (tertiary/aromatic N) is 3. The Morgan fingerprint density at radius 3 is 2.03 bits per heavy atom. The molecule has 0 unspecified atom stereocenters. The van der Waals surface area contributed by atoms with Crippen molar-refractivity contribution in [3.8, 4) is 0 Å². The Balaban J connectivity index is 0.000000305. The van der Waals surface area contributed by atoms with E-state index < -0.39 is 24.3 Å². The lowest BCUT2D eigenvalue weighted by Gasteiger charge is -2.38. The molecule has 32 heavy (non-hydrogen) atoms. The second-order valence-electron chi connectivity index (χ2n) is 7.03. The van der Waals surface area contributed by atoms with Gasteiger partial charge in [-0.25, -0.2) is 19.6 Å². The molecule has 0 bridgehead atoms. The summed E-state index contributed by atoms with van der Waals surface area (Å²) < 4.78 is 69.5. The molecule has 0 saturated carbocycles. The summed E-state index contributed by atoms with van der Waals surface area (Å²) in [4.78, 5) is 28.6. The summed E-state index contributed by atoms with van der Waals surface area (Å²) in [6.45, 7) is 3.01. The Labute approximate surface area is 178 Å². The van der Waals surface area contributed by atoms with Crippen LogP contribution >= 0.6 is 0 Å². The van der Waals surface area contributed by atoms with E-state index in [0.29, 0.717) is 6.04 Å². The van der Waals surface area contributed by atoms with Crippen LogP contribution in [0.4, 0.5) is 32.3 Å². The van der Waals surface area contributed by atoms with Crippen molar-refractivity contribution in [3.05, 3.63) is 18.5 Å². The van der Waals surface area contributed by atoms with Crippen LogP contribution in [0, 0.1) is 0 Å². The molecule has 2 atom stereocenters. The third-order valence-corrected chi connectivity index (χ3v) is 4.38. The maximum atomic E-state index is 10.6. The first-order valence-corrected chi connectivity index (χ1v) is 9.11. The zero-order valence-corrected chi connectivity index (χ0v) is 16.8. The van der Waals surface area contributed by atoms with Gasteiger partial charge < -0.3 is 25.2 Å². The van der Waals surface area contributed by atoms with E-state index in [1.165, 1.54) is 0 Å². The van der Waals surface area contributed by atoms with E-state index in [2.05, 4.69) is 27.2 Å². The van der Waals surface area contributed by atoms with Crippen LogP contribution in [0.15, 0.2) is 18.5 Å². The van der Waals surface area contributed by atoms with Crippen molar-refractivity contribution in [2.75, 3.05) is 32.1 Å². The Hall–Kier alpha value is -2.68. The predicted octanol–water partition coefficient (Wildman–Crippen LogP) is 2.41. The van der Waals surface area contributed by atoms with E-state index in [1.54, 1.807) is 12.4 Å². The second kappa shape index (κ2) is 11.3. The molecule has 2 saturated heterocycles. The lowest BCUT2D eigenvalue weighted by atomic mass is 9.89. The van der Waals surface area contributed by atoms with Gasteiger partial charge in [-0.2, -0.15) is 26.3 Å². The normalized spacial score (nSPS) is 23.4. The number of nitrogens with one attached hydrogen (secondary N) is 1. The average molecular weight is 476 g/mol. The summed E-state index contributed by atoms with van der Waals surface area (Å²) in [5.41, 5.74) is 0.0550. The van der Waals surface area contributed by atoms with E-state index in [9.17, 15) is 26.3 Å².